The van der Waals surface area contributed by atoms with E-state index in [0.29, 0.717) is 27.2 Å². The number of carbonyl (C=O) groups is 1. The van der Waals surface area contributed by atoms with Crippen LogP contribution in [0.25, 0.3) is 0 Å². The summed E-state index contributed by atoms with van der Waals surface area (Å²) in [5.41, 5.74) is 4.07. The lowest BCUT2D eigenvalue weighted by Gasteiger charge is -2.08. The number of aromatic hydroxyl groups is 1. The third kappa shape index (κ3) is 5.63. The van der Waals surface area contributed by atoms with Crippen LogP contribution >= 0.6 is 22.6 Å². The van der Waals surface area contributed by atoms with Gasteiger partial charge in [0.05, 0.1) is 16.4 Å². The number of hydrazone groups is 1. The molecule has 2 N–H and O–H groups in total. The molecule has 7 heteroatoms. The van der Waals surface area contributed by atoms with E-state index in [0.717, 1.165) is 5.56 Å². The second-order valence-electron chi connectivity index (χ2n) is 5.13. The van der Waals surface area contributed by atoms with Crippen molar-refractivity contribution >= 4 is 34.7 Å². The summed E-state index contributed by atoms with van der Waals surface area (Å²) in [6.07, 6.45) is 1.48. The summed E-state index contributed by atoms with van der Waals surface area (Å²) in [7, 11) is 0. The number of benzene rings is 2. The number of hydrogen-bond acceptors (Lipinski definition) is 5. The lowest BCUT2D eigenvalue weighted by atomic mass is 10.2. The van der Waals surface area contributed by atoms with Crippen molar-refractivity contribution in [3.63, 3.8) is 0 Å². The van der Waals surface area contributed by atoms with Crippen LogP contribution in [0.15, 0.2) is 41.5 Å². The Balaban J connectivity index is 1.92. The number of para-hydroxylation sites is 1. The summed E-state index contributed by atoms with van der Waals surface area (Å²) in [5.74, 6) is 0.773. The van der Waals surface area contributed by atoms with Gasteiger partial charge in [-0.2, -0.15) is 5.10 Å². The minimum atomic E-state index is -0.363. The van der Waals surface area contributed by atoms with Crippen molar-refractivity contribution in [1.82, 2.24) is 5.43 Å². The molecule has 0 aliphatic rings. The Hall–Kier alpha value is -2.29. The third-order valence-corrected chi connectivity index (χ3v) is 4.03. The third-order valence-electron chi connectivity index (χ3n) is 3.21. The van der Waals surface area contributed by atoms with E-state index in [1.54, 1.807) is 18.2 Å². The average molecular weight is 454 g/mol. The number of carbonyl (C=O) groups excluding carboxylic acids is 1. The smallest absolute Gasteiger partial charge is 0.277 e. The number of phenols is 1. The molecule has 0 bridgehead atoms. The lowest BCUT2D eigenvalue weighted by molar-refractivity contribution is -0.123. The molecule has 25 heavy (non-hydrogen) atoms. The van der Waals surface area contributed by atoms with Crippen molar-refractivity contribution in [3.05, 3.63) is 51.1 Å². The number of halogens is 1. The second-order valence-corrected chi connectivity index (χ2v) is 6.29. The fourth-order valence-electron chi connectivity index (χ4n) is 2.01. The Labute approximate surface area is 160 Å². The number of nitrogens with zero attached hydrogens (tertiary/aromatic N) is 1. The molecule has 1 amide bonds. The fourth-order valence-corrected chi connectivity index (χ4v) is 2.63. The summed E-state index contributed by atoms with van der Waals surface area (Å²) in [6.45, 7) is 4.06. The van der Waals surface area contributed by atoms with Crippen LogP contribution in [0.1, 0.15) is 18.1 Å². The van der Waals surface area contributed by atoms with E-state index in [2.05, 4.69) is 10.5 Å². The van der Waals surface area contributed by atoms with Crippen LogP contribution in [0.4, 0.5) is 0 Å². The van der Waals surface area contributed by atoms with E-state index in [9.17, 15) is 9.90 Å². The largest absolute Gasteiger partial charge is 0.504 e. The van der Waals surface area contributed by atoms with Gasteiger partial charge in [-0.3, -0.25) is 4.79 Å². The maximum atomic E-state index is 11.8. The molecule has 0 saturated heterocycles. The Morgan fingerprint density at radius 2 is 2.04 bits per heavy atom. The number of aryl methyl sites for hydroxylation is 1. The van der Waals surface area contributed by atoms with Crippen LogP contribution < -0.4 is 14.9 Å². The normalized spacial score (nSPS) is 10.7. The topological polar surface area (TPSA) is 80.2 Å². The van der Waals surface area contributed by atoms with Gasteiger partial charge in [-0.05, 0) is 65.8 Å². The molecule has 6 nitrogen and oxygen atoms in total. The Bertz CT molecular complexity index is 778. The first-order valence-electron chi connectivity index (χ1n) is 7.67. The molecule has 0 heterocycles. The molecule has 0 atom stereocenters. The van der Waals surface area contributed by atoms with Gasteiger partial charge in [0.15, 0.2) is 18.1 Å². The molecule has 0 aromatic heterocycles. The van der Waals surface area contributed by atoms with Crippen molar-refractivity contribution in [3.8, 4) is 17.2 Å². The highest BCUT2D eigenvalue weighted by Crippen LogP contribution is 2.32. The number of ether oxygens (including phenoxy) is 2. The van der Waals surface area contributed by atoms with Gasteiger partial charge < -0.3 is 14.6 Å². The molecule has 2 rings (SSSR count). The molecule has 0 spiro atoms. The molecule has 2 aromatic rings. The summed E-state index contributed by atoms with van der Waals surface area (Å²) in [5, 5.41) is 13.8. The number of hydrogen-bond donors (Lipinski definition) is 2. The van der Waals surface area contributed by atoms with E-state index in [4.69, 9.17) is 9.47 Å². The van der Waals surface area contributed by atoms with Crippen molar-refractivity contribution in [2.24, 2.45) is 5.10 Å². The van der Waals surface area contributed by atoms with Gasteiger partial charge in [0.1, 0.15) is 5.75 Å². The van der Waals surface area contributed by atoms with Gasteiger partial charge in [-0.15, -0.1) is 0 Å². The van der Waals surface area contributed by atoms with Crippen molar-refractivity contribution < 1.29 is 19.4 Å². The van der Waals surface area contributed by atoms with Gasteiger partial charge in [0.2, 0.25) is 0 Å². The Morgan fingerprint density at radius 3 is 2.76 bits per heavy atom. The van der Waals surface area contributed by atoms with E-state index in [-0.39, 0.29) is 18.3 Å². The van der Waals surface area contributed by atoms with Gasteiger partial charge in [0, 0.05) is 0 Å². The predicted octanol–water partition coefficient (Wildman–Crippen LogP) is 3.23. The lowest BCUT2D eigenvalue weighted by Crippen LogP contribution is -2.24. The first-order valence-corrected chi connectivity index (χ1v) is 8.74. The highest BCUT2D eigenvalue weighted by molar-refractivity contribution is 14.1. The summed E-state index contributed by atoms with van der Waals surface area (Å²) < 4.78 is 11.4. The van der Waals surface area contributed by atoms with Crippen molar-refractivity contribution in [2.45, 2.75) is 13.8 Å². The van der Waals surface area contributed by atoms with Gasteiger partial charge in [-0.1, -0.05) is 18.2 Å². The van der Waals surface area contributed by atoms with Crippen LogP contribution in [0.5, 0.6) is 17.2 Å². The molecule has 0 aliphatic heterocycles. The molecular weight excluding hydrogens is 435 g/mol. The predicted molar refractivity (Wildman–Crippen MR) is 104 cm³/mol. The zero-order chi connectivity index (χ0) is 18.2. The number of nitrogens with one attached hydrogen (secondary N) is 1. The summed E-state index contributed by atoms with van der Waals surface area (Å²) in [6, 6.07) is 10.9. The average Bonchev–Trinajstić information content (AvgIpc) is 2.58. The quantitative estimate of drug-likeness (QED) is 0.383. The second kappa shape index (κ2) is 9.26. The van der Waals surface area contributed by atoms with Crippen LogP contribution in [-0.4, -0.2) is 30.4 Å². The van der Waals surface area contributed by atoms with Crippen LogP contribution in [0.2, 0.25) is 0 Å². The SMILES string of the molecule is CCOc1cc(/C=N\NC(=O)COc2ccccc2C)cc(I)c1O. The fraction of sp³-hybridized carbons (Fsp3) is 0.222. The standard InChI is InChI=1S/C18H19IN2O4/c1-3-24-16-9-13(8-14(19)18(16)23)10-20-21-17(22)11-25-15-7-5-4-6-12(15)2/h4-10,23H,3,11H2,1-2H3,(H,21,22)/b20-10-. The van der Waals surface area contributed by atoms with E-state index >= 15 is 0 Å². The van der Waals surface area contributed by atoms with Gasteiger partial charge in [0.25, 0.3) is 5.91 Å². The minimum absolute atomic E-state index is 0.0928. The maximum absolute atomic E-state index is 11.8. The highest BCUT2D eigenvalue weighted by atomic mass is 127. The number of phenolic OH excluding ortho intramolecular Hbond substituents is 1. The van der Waals surface area contributed by atoms with Crippen molar-refractivity contribution in [1.29, 1.82) is 0 Å². The van der Waals surface area contributed by atoms with Crippen LogP contribution in [0.3, 0.4) is 0 Å². The summed E-state index contributed by atoms with van der Waals surface area (Å²) >= 11 is 2.00. The zero-order valence-electron chi connectivity index (χ0n) is 14.0. The monoisotopic (exact) mass is 454 g/mol. The van der Waals surface area contributed by atoms with Crippen LogP contribution in [0, 0.1) is 10.5 Å². The Morgan fingerprint density at radius 1 is 1.28 bits per heavy atom. The molecule has 0 radical (unpaired) electrons. The Kier molecular flexibility index (Phi) is 7.05. The first-order chi connectivity index (χ1) is 12.0. The van der Waals surface area contributed by atoms with Gasteiger partial charge in [-0.25, -0.2) is 5.43 Å². The maximum Gasteiger partial charge on any atom is 0.277 e. The first kappa shape index (κ1) is 19.0. The number of amides is 1. The van der Waals surface area contributed by atoms with E-state index < -0.39 is 0 Å². The molecule has 2 aromatic carbocycles. The molecular formula is C18H19IN2O4. The molecule has 0 aliphatic carbocycles. The molecule has 0 fully saturated rings. The highest BCUT2D eigenvalue weighted by Gasteiger charge is 2.08. The van der Waals surface area contributed by atoms with Crippen molar-refractivity contribution in [2.75, 3.05) is 13.2 Å². The summed E-state index contributed by atoms with van der Waals surface area (Å²) in [4.78, 5) is 11.8. The van der Waals surface area contributed by atoms with Crippen LogP contribution in [-0.2, 0) is 4.79 Å². The molecule has 132 valence electrons. The van der Waals surface area contributed by atoms with E-state index in [1.165, 1.54) is 6.21 Å². The molecule has 0 saturated carbocycles. The zero-order valence-corrected chi connectivity index (χ0v) is 16.1. The number of rotatable bonds is 7. The van der Waals surface area contributed by atoms with E-state index in [1.807, 2.05) is 54.6 Å². The molecule has 0 unspecified atom stereocenters. The van der Waals surface area contributed by atoms with Gasteiger partial charge >= 0.3 is 0 Å². The minimum Gasteiger partial charge on any atom is -0.504 e.